The Hall–Kier alpha value is -3.17. The van der Waals surface area contributed by atoms with Crippen LogP contribution in [0.3, 0.4) is 0 Å². The van der Waals surface area contributed by atoms with E-state index in [9.17, 15) is 27.2 Å². The molecule has 0 radical (unpaired) electrons. The van der Waals surface area contributed by atoms with E-state index in [1.165, 1.54) is 35.2 Å². The molecule has 10 heteroatoms. The molecule has 2 rings (SSSR count). The van der Waals surface area contributed by atoms with E-state index in [0.29, 0.717) is 5.56 Å². The highest BCUT2D eigenvalue weighted by molar-refractivity contribution is 5.96. The van der Waals surface area contributed by atoms with Crippen LogP contribution in [0, 0.1) is 5.82 Å². The molecule has 1 N–H and O–H groups in total. The number of aromatic nitrogens is 1. The molecule has 0 aliphatic carbocycles. The lowest BCUT2D eigenvalue weighted by molar-refractivity contribution is -0.154. The minimum atomic E-state index is -4.49. The van der Waals surface area contributed by atoms with E-state index in [1.807, 2.05) is 0 Å². The van der Waals surface area contributed by atoms with Gasteiger partial charge in [0.25, 0.3) is 5.91 Å². The fourth-order valence-corrected chi connectivity index (χ4v) is 2.29. The summed E-state index contributed by atoms with van der Waals surface area (Å²) >= 11 is 0. The third kappa shape index (κ3) is 7.40. The molecule has 0 atom stereocenters. The van der Waals surface area contributed by atoms with E-state index in [2.05, 4.69) is 15.0 Å². The molecule has 0 saturated heterocycles. The number of carbonyl (C=O) groups excluding carboxylic acids is 2. The number of pyridine rings is 1. The van der Waals surface area contributed by atoms with Gasteiger partial charge < -0.3 is 15.0 Å². The zero-order valence-corrected chi connectivity index (χ0v) is 15.5. The molecule has 0 aliphatic rings. The summed E-state index contributed by atoms with van der Waals surface area (Å²) in [5.41, 5.74) is 0.810. The Bertz CT molecular complexity index is 824. The number of carbonyl (C=O) groups is 2. The van der Waals surface area contributed by atoms with Gasteiger partial charge in [-0.1, -0.05) is 12.1 Å². The van der Waals surface area contributed by atoms with Crippen LogP contribution in [0.15, 0.2) is 42.6 Å². The number of hydrogen-bond donors (Lipinski definition) is 1. The number of halogens is 4. The predicted octanol–water partition coefficient (Wildman–Crippen LogP) is 2.94. The van der Waals surface area contributed by atoms with Gasteiger partial charge >= 0.3 is 6.18 Å². The van der Waals surface area contributed by atoms with E-state index >= 15 is 0 Å². The van der Waals surface area contributed by atoms with Crippen molar-refractivity contribution < 1.29 is 31.9 Å². The summed E-state index contributed by atoms with van der Waals surface area (Å²) in [5, 5.41) is 2.63. The van der Waals surface area contributed by atoms with E-state index < -0.39 is 24.6 Å². The van der Waals surface area contributed by atoms with Crippen molar-refractivity contribution in [2.75, 3.05) is 19.7 Å². The van der Waals surface area contributed by atoms with Crippen molar-refractivity contribution in [2.45, 2.75) is 19.6 Å². The molecule has 2 aromatic rings. The van der Waals surface area contributed by atoms with Gasteiger partial charge in [0, 0.05) is 25.4 Å². The second-order valence-corrected chi connectivity index (χ2v) is 6.01. The van der Waals surface area contributed by atoms with E-state index in [1.54, 1.807) is 6.92 Å². The predicted molar refractivity (Wildman–Crippen MR) is 95.6 cm³/mol. The monoisotopic (exact) mass is 413 g/mol. The number of benzene rings is 1. The highest BCUT2D eigenvalue weighted by Crippen LogP contribution is 2.17. The Labute approximate surface area is 164 Å². The molecule has 156 valence electrons. The number of amides is 2. The lowest BCUT2D eigenvalue weighted by Gasteiger charge is -2.20. The maximum absolute atomic E-state index is 12.9. The van der Waals surface area contributed by atoms with Crippen LogP contribution >= 0.6 is 0 Å². The van der Waals surface area contributed by atoms with E-state index in [0.717, 1.165) is 12.3 Å². The zero-order valence-electron chi connectivity index (χ0n) is 15.5. The molecule has 0 fully saturated rings. The lowest BCUT2D eigenvalue weighted by atomic mass is 10.2. The van der Waals surface area contributed by atoms with Gasteiger partial charge in [-0.05, 0) is 30.7 Å². The fraction of sp³-hybridized carbons (Fsp3) is 0.316. The first kappa shape index (κ1) is 22.1. The molecular weight excluding hydrogens is 394 g/mol. The summed E-state index contributed by atoms with van der Waals surface area (Å²) in [5.74, 6) is -1.56. The summed E-state index contributed by atoms with van der Waals surface area (Å²) in [6.45, 7) is 0.387. The summed E-state index contributed by atoms with van der Waals surface area (Å²) in [6, 6.07) is 8.05. The van der Waals surface area contributed by atoms with Crippen LogP contribution in [0.25, 0.3) is 0 Å². The van der Waals surface area contributed by atoms with Gasteiger partial charge in [0.05, 0.1) is 12.1 Å². The van der Waals surface area contributed by atoms with E-state index in [-0.39, 0.29) is 36.9 Å². The molecule has 0 bridgehead atoms. The summed E-state index contributed by atoms with van der Waals surface area (Å²) in [4.78, 5) is 29.5. The number of ether oxygens (including phenoxy) is 1. The van der Waals surface area contributed by atoms with Gasteiger partial charge in [0.2, 0.25) is 11.8 Å². The summed E-state index contributed by atoms with van der Waals surface area (Å²) < 4.78 is 53.8. The first-order valence-electron chi connectivity index (χ1n) is 8.64. The fourth-order valence-electron chi connectivity index (χ4n) is 2.29. The summed E-state index contributed by atoms with van der Waals surface area (Å²) in [7, 11) is 0. The van der Waals surface area contributed by atoms with Crippen LogP contribution in [0.1, 0.15) is 22.8 Å². The minimum absolute atomic E-state index is 0.109. The maximum atomic E-state index is 12.9. The van der Waals surface area contributed by atoms with Crippen molar-refractivity contribution >= 4 is 11.8 Å². The number of rotatable bonds is 8. The van der Waals surface area contributed by atoms with Crippen molar-refractivity contribution in [3.05, 3.63) is 59.5 Å². The molecule has 0 aliphatic heterocycles. The highest BCUT2D eigenvalue weighted by atomic mass is 19.4. The van der Waals surface area contributed by atoms with Gasteiger partial charge in [-0.3, -0.25) is 9.59 Å². The van der Waals surface area contributed by atoms with Crippen LogP contribution in [0.2, 0.25) is 0 Å². The number of nitrogens with zero attached hydrogens (tertiary/aromatic N) is 2. The quantitative estimate of drug-likeness (QED) is 0.676. The molecule has 1 aromatic heterocycles. The normalized spacial score (nSPS) is 11.1. The molecule has 1 heterocycles. The average Bonchev–Trinajstić information content (AvgIpc) is 2.69. The SMILES string of the molecule is CCN(CC(=O)NCc1ccc(F)cc1)C(=O)c1ccc(OCC(F)(F)F)nc1. The van der Waals surface area contributed by atoms with Crippen molar-refractivity contribution in [1.82, 2.24) is 15.2 Å². The smallest absolute Gasteiger partial charge is 0.422 e. The largest absolute Gasteiger partial charge is 0.468 e. The van der Waals surface area contributed by atoms with Crippen LogP contribution in [-0.4, -0.2) is 47.6 Å². The number of alkyl halides is 3. The van der Waals surface area contributed by atoms with Gasteiger partial charge in [-0.25, -0.2) is 9.37 Å². The Morgan fingerprint density at radius 3 is 2.38 bits per heavy atom. The Balaban J connectivity index is 1.90. The Morgan fingerprint density at radius 1 is 1.14 bits per heavy atom. The average molecular weight is 413 g/mol. The summed E-state index contributed by atoms with van der Waals surface area (Å²) in [6.07, 6.45) is -3.40. The standard InChI is InChI=1S/C19H19F4N3O3/c1-2-26(11-16(27)24-9-13-3-6-15(20)7-4-13)18(28)14-5-8-17(25-10-14)29-12-19(21,22)23/h3-8,10H,2,9,11-12H2,1H3,(H,24,27). The van der Waals surface area contributed by atoms with Crippen molar-refractivity contribution in [1.29, 1.82) is 0 Å². The van der Waals surface area contributed by atoms with Crippen LogP contribution in [0.4, 0.5) is 17.6 Å². The molecular formula is C19H19F4N3O3. The molecule has 0 unspecified atom stereocenters. The third-order valence-corrected chi connectivity index (χ3v) is 3.77. The molecule has 1 aromatic carbocycles. The van der Waals surface area contributed by atoms with Crippen molar-refractivity contribution in [2.24, 2.45) is 0 Å². The van der Waals surface area contributed by atoms with Crippen LogP contribution < -0.4 is 10.1 Å². The molecule has 29 heavy (non-hydrogen) atoms. The number of hydrogen-bond acceptors (Lipinski definition) is 4. The van der Waals surface area contributed by atoms with Crippen molar-refractivity contribution in [3.63, 3.8) is 0 Å². The first-order chi connectivity index (χ1) is 13.7. The van der Waals surface area contributed by atoms with Crippen LogP contribution in [0.5, 0.6) is 5.88 Å². The van der Waals surface area contributed by atoms with Gasteiger partial charge in [-0.15, -0.1) is 0 Å². The molecule has 2 amide bonds. The number of nitrogens with one attached hydrogen (secondary N) is 1. The third-order valence-electron chi connectivity index (χ3n) is 3.77. The first-order valence-corrected chi connectivity index (χ1v) is 8.64. The lowest BCUT2D eigenvalue weighted by Crippen LogP contribution is -2.40. The maximum Gasteiger partial charge on any atom is 0.422 e. The topological polar surface area (TPSA) is 71.5 Å². The van der Waals surface area contributed by atoms with Crippen molar-refractivity contribution in [3.8, 4) is 5.88 Å². The van der Waals surface area contributed by atoms with E-state index in [4.69, 9.17) is 0 Å². The Kier molecular flexibility index (Phi) is 7.52. The Morgan fingerprint density at radius 2 is 1.83 bits per heavy atom. The van der Waals surface area contributed by atoms with Gasteiger partial charge in [-0.2, -0.15) is 13.2 Å². The molecule has 6 nitrogen and oxygen atoms in total. The van der Waals surface area contributed by atoms with Gasteiger partial charge in [0.15, 0.2) is 6.61 Å². The minimum Gasteiger partial charge on any atom is -0.468 e. The molecule has 0 saturated carbocycles. The van der Waals surface area contributed by atoms with Crippen LogP contribution in [-0.2, 0) is 11.3 Å². The highest BCUT2D eigenvalue weighted by Gasteiger charge is 2.28. The number of likely N-dealkylation sites (N-methyl/N-ethyl adjacent to an activating group) is 1. The molecule has 0 spiro atoms. The second kappa shape index (κ2) is 9.85. The van der Waals surface area contributed by atoms with Gasteiger partial charge in [0.1, 0.15) is 5.82 Å². The second-order valence-electron chi connectivity index (χ2n) is 6.01. The zero-order chi connectivity index (χ0) is 21.4.